The first-order valence-corrected chi connectivity index (χ1v) is 7.79. The van der Waals surface area contributed by atoms with E-state index in [0.717, 1.165) is 32.9 Å². The van der Waals surface area contributed by atoms with Crippen molar-refractivity contribution >= 4 is 34.7 Å². The summed E-state index contributed by atoms with van der Waals surface area (Å²) in [4.78, 5) is 1.07. The number of hydrogen-bond donors (Lipinski definition) is 1. The van der Waals surface area contributed by atoms with Crippen LogP contribution in [0.15, 0.2) is 32.9 Å². The molecule has 1 heterocycles. The number of aromatic nitrogens is 2. The highest BCUT2D eigenvalue weighted by atomic mass is 35.5. The number of halogens is 1. The Hall–Kier alpha value is -0.660. The smallest absolute Gasteiger partial charge is 0.178 e. The maximum atomic E-state index is 6.27. The molecule has 0 atom stereocenters. The summed E-state index contributed by atoms with van der Waals surface area (Å²) in [7, 11) is 1.69. The molecule has 1 aromatic carbocycles. The van der Waals surface area contributed by atoms with E-state index in [1.54, 1.807) is 24.4 Å². The third-order valence-electron chi connectivity index (χ3n) is 2.37. The summed E-state index contributed by atoms with van der Waals surface area (Å²) in [6.07, 6.45) is 0. The normalized spacial score (nSPS) is 10.8. The largest absolute Gasteiger partial charge is 0.383 e. The average molecular weight is 316 g/mol. The highest BCUT2D eigenvalue weighted by Crippen LogP contribution is 2.31. The van der Waals surface area contributed by atoms with Gasteiger partial charge in [0.1, 0.15) is 5.51 Å². The monoisotopic (exact) mass is 315 g/mol. The minimum absolute atomic E-state index is 0.697. The summed E-state index contributed by atoms with van der Waals surface area (Å²) in [6.45, 7) is 2.25. The zero-order valence-electron chi connectivity index (χ0n) is 10.4. The van der Waals surface area contributed by atoms with Crippen molar-refractivity contribution in [3.05, 3.63) is 34.3 Å². The number of hydrogen-bond acceptors (Lipinski definition) is 6. The predicted octanol–water partition coefficient (Wildman–Crippen LogP) is 3.08. The fraction of sp³-hybridized carbons (Fsp3) is 0.333. The fourth-order valence-corrected chi connectivity index (χ4v) is 3.24. The van der Waals surface area contributed by atoms with Gasteiger partial charge in [0.05, 0.1) is 6.61 Å². The van der Waals surface area contributed by atoms with Gasteiger partial charge in [-0.2, -0.15) is 0 Å². The molecule has 0 unspecified atom stereocenters. The fourth-order valence-electron chi connectivity index (χ4n) is 1.44. The van der Waals surface area contributed by atoms with E-state index in [1.807, 2.05) is 18.2 Å². The molecule has 0 aliphatic heterocycles. The molecule has 0 amide bonds. The van der Waals surface area contributed by atoms with E-state index in [1.165, 1.54) is 11.3 Å². The van der Waals surface area contributed by atoms with Gasteiger partial charge in [0, 0.05) is 30.1 Å². The van der Waals surface area contributed by atoms with Crippen LogP contribution in [0.1, 0.15) is 5.56 Å². The predicted molar refractivity (Wildman–Crippen MR) is 79.1 cm³/mol. The summed E-state index contributed by atoms with van der Waals surface area (Å²) >= 11 is 9.35. The standard InChI is InChI=1S/C12H14ClN3OS2/c1-17-5-4-14-7-9-2-3-10(6-11(9)13)19-12-16-15-8-18-12/h2-3,6,8,14H,4-5,7H2,1H3. The molecule has 102 valence electrons. The van der Waals surface area contributed by atoms with Crippen LogP contribution in [-0.4, -0.2) is 30.5 Å². The van der Waals surface area contributed by atoms with Gasteiger partial charge in [-0.05, 0) is 17.7 Å². The highest BCUT2D eigenvalue weighted by Gasteiger charge is 2.05. The van der Waals surface area contributed by atoms with Crippen molar-refractivity contribution in [2.45, 2.75) is 15.8 Å². The van der Waals surface area contributed by atoms with Crippen LogP contribution in [0.4, 0.5) is 0 Å². The third kappa shape index (κ3) is 4.74. The molecular weight excluding hydrogens is 302 g/mol. The maximum absolute atomic E-state index is 6.27. The number of nitrogens with one attached hydrogen (secondary N) is 1. The minimum Gasteiger partial charge on any atom is -0.383 e. The lowest BCUT2D eigenvalue weighted by Gasteiger charge is -2.07. The van der Waals surface area contributed by atoms with Gasteiger partial charge in [0.2, 0.25) is 0 Å². The first kappa shape index (κ1) is 14.7. The maximum Gasteiger partial charge on any atom is 0.178 e. The van der Waals surface area contributed by atoms with Gasteiger partial charge < -0.3 is 10.1 Å². The van der Waals surface area contributed by atoms with E-state index in [2.05, 4.69) is 15.5 Å². The Labute approximate surface area is 125 Å². The molecule has 1 aromatic heterocycles. The van der Waals surface area contributed by atoms with Gasteiger partial charge in [-0.3, -0.25) is 0 Å². The van der Waals surface area contributed by atoms with Crippen molar-refractivity contribution in [1.82, 2.24) is 15.5 Å². The van der Waals surface area contributed by atoms with Crippen molar-refractivity contribution < 1.29 is 4.74 Å². The lowest BCUT2D eigenvalue weighted by atomic mass is 10.2. The van der Waals surface area contributed by atoms with Crippen molar-refractivity contribution in [2.75, 3.05) is 20.3 Å². The zero-order valence-corrected chi connectivity index (χ0v) is 12.8. The highest BCUT2D eigenvalue weighted by molar-refractivity contribution is 8.01. The molecule has 19 heavy (non-hydrogen) atoms. The molecule has 0 aliphatic rings. The van der Waals surface area contributed by atoms with Crippen LogP contribution in [0.2, 0.25) is 5.02 Å². The van der Waals surface area contributed by atoms with E-state index in [0.29, 0.717) is 6.61 Å². The number of rotatable bonds is 7. The summed E-state index contributed by atoms with van der Waals surface area (Å²) in [5.74, 6) is 0. The minimum atomic E-state index is 0.697. The molecule has 0 radical (unpaired) electrons. The second kappa shape index (κ2) is 7.81. The van der Waals surface area contributed by atoms with Gasteiger partial charge in [0.15, 0.2) is 4.34 Å². The van der Waals surface area contributed by atoms with E-state index in [9.17, 15) is 0 Å². The molecule has 4 nitrogen and oxygen atoms in total. The van der Waals surface area contributed by atoms with Gasteiger partial charge in [-0.15, -0.1) is 10.2 Å². The van der Waals surface area contributed by atoms with Crippen LogP contribution in [0, 0.1) is 0 Å². The van der Waals surface area contributed by atoms with Crippen molar-refractivity contribution in [3.63, 3.8) is 0 Å². The second-order valence-electron chi connectivity index (χ2n) is 3.73. The molecule has 0 saturated carbocycles. The first-order chi connectivity index (χ1) is 9.29. The van der Waals surface area contributed by atoms with E-state index >= 15 is 0 Å². The van der Waals surface area contributed by atoms with Crippen LogP contribution in [0.3, 0.4) is 0 Å². The molecular formula is C12H14ClN3OS2. The Kier molecular flexibility index (Phi) is 6.06. The molecule has 0 fully saturated rings. The molecule has 0 aliphatic carbocycles. The second-order valence-corrected chi connectivity index (χ2v) is 6.29. The first-order valence-electron chi connectivity index (χ1n) is 5.71. The molecule has 0 spiro atoms. The van der Waals surface area contributed by atoms with Gasteiger partial charge >= 0.3 is 0 Å². The zero-order chi connectivity index (χ0) is 13.5. The van der Waals surface area contributed by atoms with Gasteiger partial charge in [-0.1, -0.05) is 40.8 Å². The molecule has 2 rings (SSSR count). The van der Waals surface area contributed by atoms with Crippen LogP contribution < -0.4 is 5.32 Å². The number of nitrogens with zero attached hydrogens (tertiary/aromatic N) is 2. The van der Waals surface area contributed by atoms with Crippen LogP contribution >= 0.6 is 34.7 Å². The van der Waals surface area contributed by atoms with Crippen molar-refractivity contribution in [1.29, 1.82) is 0 Å². The average Bonchev–Trinajstić information content (AvgIpc) is 2.90. The van der Waals surface area contributed by atoms with Gasteiger partial charge in [0.25, 0.3) is 0 Å². The summed E-state index contributed by atoms with van der Waals surface area (Å²) < 4.78 is 5.90. The Bertz CT molecular complexity index is 508. The number of methoxy groups -OCH3 is 1. The van der Waals surface area contributed by atoms with Crippen molar-refractivity contribution in [2.24, 2.45) is 0 Å². The Balaban J connectivity index is 1.93. The molecule has 1 N–H and O–H groups in total. The third-order valence-corrected chi connectivity index (χ3v) is 4.49. The molecule has 0 saturated heterocycles. The SMILES string of the molecule is COCCNCc1ccc(Sc2nncs2)cc1Cl. The van der Waals surface area contributed by atoms with Gasteiger partial charge in [-0.25, -0.2) is 0 Å². The van der Waals surface area contributed by atoms with Crippen LogP contribution in [0.5, 0.6) is 0 Å². The van der Waals surface area contributed by atoms with Crippen LogP contribution in [0.25, 0.3) is 0 Å². The topological polar surface area (TPSA) is 47.0 Å². The molecule has 7 heteroatoms. The summed E-state index contributed by atoms with van der Waals surface area (Å²) in [6, 6.07) is 6.04. The number of ether oxygens (including phenoxy) is 1. The van der Waals surface area contributed by atoms with Crippen LogP contribution in [-0.2, 0) is 11.3 Å². The Morgan fingerprint density at radius 2 is 2.37 bits per heavy atom. The Morgan fingerprint density at radius 1 is 1.47 bits per heavy atom. The van der Waals surface area contributed by atoms with Crippen molar-refractivity contribution in [3.8, 4) is 0 Å². The molecule has 0 bridgehead atoms. The summed E-state index contributed by atoms with van der Waals surface area (Å²) in [5, 5.41) is 11.8. The lowest BCUT2D eigenvalue weighted by Crippen LogP contribution is -2.18. The number of benzene rings is 1. The lowest BCUT2D eigenvalue weighted by molar-refractivity contribution is 0.199. The van der Waals surface area contributed by atoms with E-state index < -0.39 is 0 Å². The Morgan fingerprint density at radius 3 is 3.05 bits per heavy atom. The molecule has 2 aromatic rings. The quantitative estimate of drug-likeness (QED) is 0.796. The summed E-state index contributed by atoms with van der Waals surface area (Å²) in [5.41, 5.74) is 2.80. The van der Waals surface area contributed by atoms with E-state index in [-0.39, 0.29) is 0 Å². The van der Waals surface area contributed by atoms with E-state index in [4.69, 9.17) is 16.3 Å².